The van der Waals surface area contributed by atoms with E-state index in [-0.39, 0.29) is 0 Å². The van der Waals surface area contributed by atoms with E-state index in [1.54, 1.807) is 0 Å². The van der Waals surface area contributed by atoms with Gasteiger partial charge in [-0.3, -0.25) is 0 Å². The van der Waals surface area contributed by atoms with E-state index in [1.807, 2.05) is 6.92 Å². The van der Waals surface area contributed by atoms with Crippen LogP contribution in [0.2, 0.25) is 0 Å². The van der Waals surface area contributed by atoms with Gasteiger partial charge in [-0.1, -0.05) is 13.3 Å². The summed E-state index contributed by atoms with van der Waals surface area (Å²) >= 11 is 0. The van der Waals surface area contributed by atoms with Crippen LogP contribution in [0.5, 0.6) is 0 Å². The van der Waals surface area contributed by atoms with Crippen molar-refractivity contribution >= 4 is 11.6 Å². The second-order valence-electron chi connectivity index (χ2n) is 5.66. The molecule has 1 heterocycles. The molecular weight excluding hydrogens is 240 g/mol. The highest BCUT2D eigenvalue weighted by Crippen LogP contribution is 2.33. The zero-order valence-electron chi connectivity index (χ0n) is 11.8. The molecular formula is C14H24N4O. The van der Waals surface area contributed by atoms with Gasteiger partial charge < -0.3 is 16.2 Å². The van der Waals surface area contributed by atoms with Crippen LogP contribution in [0.25, 0.3) is 0 Å². The van der Waals surface area contributed by atoms with Crippen molar-refractivity contribution in [3.63, 3.8) is 0 Å². The van der Waals surface area contributed by atoms with Crippen LogP contribution in [-0.2, 0) is 0 Å². The maximum absolute atomic E-state index is 10.6. The van der Waals surface area contributed by atoms with Crippen LogP contribution in [0.15, 0.2) is 6.33 Å². The van der Waals surface area contributed by atoms with Crippen molar-refractivity contribution in [2.24, 2.45) is 5.92 Å². The molecule has 0 spiro atoms. The van der Waals surface area contributed by atoms with E-state index in [0.717, 1.165) is 43.0 Å². The Morgan fingerprint density at radius 2 is 2.11 bits per heavy atom. The molecule has 0 amide bonds. The first-order chi connectivity index (χ1) is 9.04. The number of nitrogen functional groups attached to an aromatic ring is 1. The fourth-order valence-corrected chi connectivity index (χ4v) is 2.69. The Balaban J connectivity index is 1.93. The number of nitrogens with one attached hydrogen (secondary N) is 1. The van der Waals surface area contributed by atoms with Gasteiger partial charge in [-0.2, -0.15) is 0 Å². The molecule has 0 unspecified atom stereocenters. The van der Waals surface area contributed by atoms with Gasteiger partial charge in [0.05, 0.1) is 5.60 Å². The molecule has 19 heavy (non-hydrogen) atoms. The summed E-state index contributed by atoms with van der Waals surface area (Å²) in [7, 11) is 0. The van der Waals surface area contributed by atoms with Crippen molar-refractivity contribution in [3.8, 4) is 0 Å². The fourth-order valence-electron chi connectivity index (χ4n) is 2.69. The van der Waals surface area contributed by atoms with Crippen molar-refractivity contribution in [1.82, 2.24) is 9.97 Å². The molecule has 2 rings (SSSR count). The molecule has 0 atom stereocenters. The third-order valence-electron chi connectivity index (χ3n) is 4.32. The number of rotatable bonds is 4. The minimum absolute atomic E-state index is 0.485. The first-order valence-electron chi connectivity index (χ1n) is 7.07. The number of aromatic nitrogens is 2. The average molecular weight is 264 g/mol. The molecule has 1 aromatic rings. The third kappa shape index (κ3) is 3.35. The first kappa shape index (κ1) is 14.1. The fraction of sp³-hybridized carbons (Fsp3) is 0.714. The number of hydrogen-bond acceptors (Lipinski definition) is 5. The Hall–Kier alpha value is -1.36. The van der Waals surface area contributed by atoms with E-state index in [2.05, 4.69) is 22.2 Å². The molecule has 0 bridgehead atoms. The summed E-state index contributed by atoms with van der Waals surface area (Å²) in [6.07, 6.45) is 6.60. The van der Waals surface area contributed by atoms with Gasteiger partial charge in [0.25, 0.3) is 0 Å². The van der Waals surface area contributed by atoms with Gasteiger partial charge in [0.2, 0.25) is 0 Å². The maximum atomic E-state index is 10.6. The smallest absolute Gasteiger partial charge is 0.134 e. The largest absolute Gasteiger partial charge is 0.388 e. The molecule has 1 aromatic heterocycles. The molecule has 4 N–H and O–H groups in total. The van der Waals surface area contributed by atoms with E-state index in [4.69, 9.17) is 5.73 Å². The van der Waals surface area contributed by atoms with Crippen molar-refractivity contribution in [1.29, 1.82) is 0 Å². The summed E-state index contributed by atoms with van der Waals surface area (Å²) in [4.78, 5) is 8.11. The third-order valence-corrected chi connectivity index (χ3v) is 4.32. The van der Waals surface area contributed by atoms with Crippen LogP contribution < -0.4 is 11.1 Å². The van der Waals surface area contributed by atoms with E-state index in [9.17, 15) is 5.11 Å². The number of nitrogens with two attached hydrogens (primary N) is 1. The highest BCUT2D eigenvalue weighted by molar-refractivity contribution is 5.53. The summed E-state index contributed by atoms with van der Waals surface area (Å²) < 4.78 is 0. The normalized spacial score (nSPS) is 27.2. The van der Waals surface area contributed by atoms with Crippen LogP contribution in [0.1, 0.15) is 44.6 Å². The van der Waals surface area contributed by atoms with Crippen LogP contribution in [0, 0.1) is 12.8 Å². The second-order valence-corrected chi connectivity index (χ2v) is 5.66. The molecule has 0 radical (unpaired) electrons. The lowest BCUT2D eigenvalue weighted by atomic mass is 9.78. The Morgan fingerprint density at radius 3 is 2.74 bits per heavy atom. The van der Waals surface area contributed by atoms with Crippen LogP contribution >= 0.6 is 0 Å². The van der Waals surface area contributed by atoms with Crippen LogP contribution in [-0.4, -0.2) is 27.2 Å². The molecule has 0 saturated heterocycles. The Bertz CT molecular complexity index is 427. The zero-order valence-corrected chi connectivity index (χ0v) is 11.8. The second kappa shape index (κ2) is 5.74. The molecule has 106 valence electrons. The number of nitrogens with zero attached hydrogens (tertiary/aromatic N) is 2. The average Bonchev–Trinajstić information content (AvgIpc) is 2.41. The molecule has 5 nitrogen and oxygen atoms in total. The van der Waals surface area contributed by atoms with Gasteiger partial charge in [-0.25, -0.2) is 9.97 Å². The predicted molar refractivity (Wildman–Crippen MR) is 76.9 cm³/mol. The minimum atomic E-state index is -0.613. The summed E-state index contributed by atoms with van der Waals surface area (Å²) in [6, 6.07) is 0. The van der Waals surface area contributed by atoms with E-state index in [1.165, 1.54) is 12.7 Å². The van der Waals surface area contributed by atoms with Crippen LogP contribution in [0.4, 0.5) is 11.6 Å². The summed E-state index contributed by atoms with van der Waals surface area (Å²) in [5.74, 6) is 1.98. The Morgan fingerprint density at radius 1 is 1.42 bits per heavy atom. The molecule has 1 saturated carbocycles. The van der Waals surface area contributed by atoms with Gasteiger partial charge in [0, 0.05) is 12.1 Å². The van der Waals surface area contributed by atoms with E-state index < -0.39 is 5.60 Å². The van der Waals surface area contributed by atoms with Gasteiger partial charge in [0.1, 0.15) is 18.0 Å². The summed E-state index contributed by atoms with van der Waals surface area (Å²) in [5.41, 5.74) is 5.97. The molecule has 1 aliphatic rings. The SMILES string of the molecule is CCC1CCC(O)(CNc2ncnc(N)c2C)CC1. The minimum Gasteiger partial charge on any atom is -0.388 e. The molecule has 0 aliphatic heterocycles. The predicted octanol–water partition coefficient (Wildman–Crippen LogP) is 2.11. The highest BCUT2D eigenvalue weighted by atomic mass is 16.3. The number of hydrogen-bond donors (Lipinski definition) is 3. The van der Waals surface area contributed by atoms with Gasteiger partial charge in [-0.05, 0) is 38.5 Å². The topological polar surface area (TPSA) is 84.1 Å². The zero-order chi connectivity index (χ0) is 13.9. The maximum Gasteiger partial charge on any atom is 0.134 e. The number of anilines is 2. The lowest BCUT2D eigenvalue weighted by Crippen LogP contribution is -2.40. The summed E-state index contributed by atoms with van der Waals surface area (Å²) in [5, 5.41) is 13.8. The number of aliphatic hydroxyl groups is 1. The molecule has 1 fully saturated rings. The van der Waals surface area contributed by atoms with Crippen LogP contribution in [0.3, 0.4) is 0 Å². The molecule has 0 aromatic carbocycles. The standard InChI is InChI=1S/C14H24N4O/c1-3-11-4-6-14(19,7-5-11)8-16-13-10(2)12(15)17-9-18-13/h9,11,19H,3-8H2,1-2H3,(H3,15,16,17,18). The monoisotopic (exact) mass is 264 g/mol. The first-order valence-corrected chi connectivity index (χ1v) is 7.07. The Labute approximate surface area is 114 Å². The van der Waals surface area contributed by atoms with E-state index >= 15 is 0 Å². The summed E-state index contributed by atoms with van der Waals surface area (Å²) in [6.45, 7) is 4.64. The van der Waals surface area contributed by atoms with Crippen molar-refractivity contribution in [2.45, 2.75) is 51.6 Å². The lowest BCUT2D eigenvalue weighted by molar-refractivity contribution is 0.00222. The van der Waals surface area contributed by atoms with Crippen molar-refractivity contribution in [3.05, 3.63) is 11.9 Å². The van der Waals surface area contributed by atoms with Gasteiger partial charge in [0.15, 0.2) is 0 Å². The van der Waals surface area contributed by atoms with Crippen molar-refractivity contribution < 1.29 is 5.11 Å². The van der Waals surface area contributed by atoms with Gasteiger partial charge in [-0.15, -0.1) is 0 Å². The molecule has 1 aliphatic carbocycles. The van der Waals surface area contributed by atoms with E-state index in [0.29, 0.717) is 12.4 Å². The lowest BCUT2D eigenvalue weighted by Gasteiger charge is -2.36. The quantitative estimate of drug-likeness (QED) is 0.775. The Kier molecular flexibility index (Phi) is 4.24. The van der Waals surface area contributed by atoms with Crippen molar-refractivity contribution in [2.75, 3.05) is 17.6 Å². The molecule has 5 heteroatoms. The van der Waals surface area contributed by atoms with Gasteiger partial charge >= 0.3 is 0 Å². The highest BCUT2D eigenvalue weighted by Gasteiger charge is 2.32.